The van der Waals surface area contributed by atoms with Gasteiger partial charge in [-0.05, 0) is 12.2 Å². The smallest absolute Gasteiger partial charge is 0.247 e. The van der Waals surface area contributed by atoms with E-state index < -0.39 is 18.3 Å². The fraction of sp³-hybridized carbons (Fsp3) is 0.286. The highest BCUT2D eigenvalue weighted by atomic mass is 79.9. The Morgan fingerprint density at radius 2 is 2.00 bits per heavy atom. The van der Waals surface area contributed by atoms with Gasteiger partial charge in [0.15, 0.2) is 6.17 Å². The average molecular weight is 238 g/mol. The third kappa shape index (κ3) is 1.72. The Morgan fingerprint density at radius 3 is 2.50 bits per heavy atom. The van der Waals surface area contributed by atoms with E-state index in [-0.39, 0.29) is 10.1 Å². The topological polar surface area (TPSA) is 43.1 Å². The largest absolute Gasteiger partial charge is 0.366 e. The van der Waals surface area contributed by atoms with Crippen molar-refractivity contribution in [1.82, 2.24) is 0 Å². The quantitative estimate of drug-likeness (QED) is 0.736. The van der Waals surface area contributed by atoms with E-state index in [1.165, 1.54) is 0 Å². The maximum Gasteiger partial charge on any atom is 0.247 e. The lowest BCUT2D eigenvalue weighted by molar-refractivity contribution is -0.115. The van der Waals surface area contributed by atoms with Gasteiger partial charge in [0.1, 0.15) is 6.17 Å². The number of hydrogen-bond donors (Lipinski definition) is 1. The van der Waals surface area contributed by atoms with Crippen LogP contribution in [0.1, 0.15) is 0 Å². The molecule has 2 N–H and O–H groups in total. The average Bonchev–Trinajstić information content (AvgIpc) is 1.96. The number of amides is 1. The predicted octanol–water partition coefficient (Wildman–Crippen LogP) is 1.37. The summed E-state index contributed by atoms with van der Waals surface area (Å²) in [7, 11) is 0. The van der Waals surface area contributed by atoms with Crippen LogP contribution in [-0.4, -0.2) is 18.3 Å². The SMILES string of the molecule is NC(=O)C1=CC(F)C(Br)=CC1F. The maximum atomic E-state index is 12.9. The minimum atomic E-state index is -1.61. The van der Waals surface area contributed by atoms with Crippen molar-refractivity contribution in [3.63, 3.8) is 0 Å². The molecule has 0 aliphatic heterocycles. The maximum absolute atomic E-state index is 12.9. The zero-order valence-corrected chi connectivity index (χ0v) is 7.51. The number of rotatable bonds is 1. The molecule has 0 aromatic heterocycles. The molecule has 2 nitrogen and oxygen atoms in total. The fourth-order valence-electron chi connectivity index (χ4n) is 0.869. The van der Waals surface area contributed by atoms with Gasteiger partial charge in [0, 0.05) is 4.48 Å². The molecule has 1 aliphatic rings. The first kappa shape index (κ1) is 9.38. The molecule has 66 valence electrons. The van der Waals surface area contributed by atoms with Crippen LogP contribution in [0, 0.1) is 0 Å². The molecular weight excluding hydrogens is 232 g/mol. The molecular formula is C7H6BrF2NO. The second-order valence-corrected chi connectivity index (χ2v) is 3.26. The predicted molar refractivity (Wildman–Crippen MR) is 44.1 cm³/mol. The second-order valence-electron chi connectivity index (χ2n) is 2.34. The number of carbonyl (C=O) groups excluding carboxylic acids is 1. The van der Waals surface area contributed by atoms with Crippen molar-refractivity contribution < 1.29 is 13.6 Å². The number of hydrogen-bond acceptors (Lipinski definition) is 1. The van der Waals surface area contributed by atoms with Crippen LogP contribution in [0.3, 0.4) is 0 Å². The molecule has 1 rings (SSSR count). The molecule has 0 saturated heterocycles. The summed E-state index contributed by atoms with van der Waals surface area (Å²) in [6, 6.07) is 0. The Kier molecular flexibility index (Phi) is 2.62. The van der Waals surface area contributed by atoms with Crippen molar-refractivity contribution in [3.05, 3.63) is 22.2 Å². The van der Waals surface area contributed by atoms with Crippen LogP contribution in [0.5, 0.6) is 0 Å². The van der Waals surface area contributed by atoms with Gasteiger partial charge in [-0.3, -0.25) is 4.79 Å². The number of nitrogens with two attached hydrogens (primary N) is 1. The summed E-state index contributed by atoms with van der Waals surface area (Å²) in [5.41, 5.74) is 4.48. The van der Waals surface area contributed by atoms with Crippen molar-refractivity contribution in [1.29, 1.82) is 0 Å². The van der Waals surface area contributed by atoms with Crippen LogP contribution >= 0.6 is 15.9 Å². The van der Waals surface area contributed by atoms with Crippen molar-refractivity contribution in [2.24, 2.45) is 5.73 Å². The Hall–Kier alpha value is -0.710. The van der Waals surface area contributed by atoms with E-state index in [4.69, 9.17) is 5.73 Å². The van der Waals surface area contributed by atoms with Gasteiger partial charge in [0.2, 0.25) is 5.91 Å². The first-order chi connectivity index (χ1) is 5.52. The lowest BCUT2D eigenvalue weighted by Crippen LogP contribution is -2.24. The van der Waals surface area contributed by atoms with Crippen molar-refractivity contribution in [3.8, 4) is 0 Å². The third-order valence-electron chi connectivity index (χ3n) is 1.48. The molecule has 12 heavy (non-hydrogen) atoms. The molecule has 1 aliphatic carbocycles. The molecule has 0 bridgehead atoms. The molecule has 0 saturated carbocycles. The minimum absolute atomic E-state index is 0.0833. The lowest BCUT2D eigenvalue weighted by atomic mass is 10.0. The highest BCUT2D eigenvalue weighted by Crippen LogP contribution is 2.26. The third-order valence-corrected chi connectivity index (χ3v) is 2.18. The van der Waals surface area contributed by atoms with E-state index in [0.717, 1.165) is 12.2 Å². The van der Waals surface area contributed by atoms with Gasteiger partial charge >= 0.3 is 0 Å². The molecule has 0 radical (unpaired) electrons. The van der Waals surface area contributed by atoms with Crippen molar-refractivity contribution in [2.75, 3.05) is 0 Å². The first-order valence-electron chi connectivity index (χ1n) is 3.19. The molecule has 0 heterocycles. The molecule has 5 heteroatoms. The van der Waals surface area contributed by atoms with Crippen molar-refractivity contribution >= 4 is 21.8 Å². The summed E-state index contributed by atoms with van der Waals surface area (Å²) in [5.74, 6) is -0.929. The zero-order valence-electron chi connectivity index (χ0n) is 5.93. The fourth-order valence-corrected chi connectivity index (χ4v) is 1.23. The highest BCUT2D eigenvalue weighted by molar-refractivity contribution is 9.11. The Balaban J connectivity index is 2.93. The molecule has 2 unspecified atom stereocenters. The molecule has 0 aromatic rings. The number of carbonyl (C=O) groups is 1. The van der Waals surface area contributed by atoms with Crippen molar-refractivity contribution in [2.45, 2.75) is 12.3 Å². The highest BCUT2D eigenvalue weighted by Gasteiger charge is 2.25. The number of primary amides is 1. The molecule has 2 atom stereocenters. The monoisotopic (exact) mass is 237 g/mol. The van der Waals surface area contributed by atoms with Gasteiger partial charge < -0.3 is 5.73 Å². The summed E-state index contributed by atoms with van der Waals surface area (Å²) in [6.45, 7) is 0. The minimum Gasteiger partial charge on any atom is -0.366 e. The van der Waals surface area contributed by atoms with E-state index in [0.29, 0.717) is 0 Å². The van der Waals surface area contributed by atoms with E-state index in [9.17, 15) is 13.6 Å². The lowest BCUT2D eigenvalue weighted by Gasteiger charge is -2.14. The van der Waals surface area contributed by atoms with Crippen LogP contribution in [-0.2, 0) is 4.79 Å². The summed E-state index contributed by atoms with van der Waals surface area (Å²) < 4.78 is 25.8. The zero-order chi connectivity index (χ0) is 9.30. The molecule has 1 amide bonds. The van der Waals surface area contributed by atoms with E-state index >= 15 is 0 Å². The van der Waals surface area contributed by atoms with E-state index in [1.54, 1.807) is 0 Å². The first-order valence-corrected chi connectivity index (χ1v) is 3.98. The normalized spacial score (nSPS) is 29.2. The van der Waals surface area contributed by atoms with Crippen LogP contribution in [0.2, 0.25) is 0 Å². The van der Waals surface area contributed by atoms with Crippen LogP contribution in [0.15, 0.2) is 22.2 Å². The van der Waals surface area contributed by atoms with Gasteiger partial charge in [-0.2, -0.15) is 0 Å². The number of allylic oxidation sites excluding steroid dienone is 3. The summed E-state index contributed by atoms with van der Waals surface area (Å²) in [4.78, 5) is 10.5. The van der Waals surface area contributed by atoms with Crippen LogP contribution in [0.25, 0.3) is 0 Å². The number of alkyl halides is 2. The van der Waals surface area contributed by atoms with Gasteiger partial charge in [-0.1, -0.05) is 15.9 Å². The Labute approximate surface area is 76.2 Å². The Morgan fingerprint density at radius 1 is 1.42 bits per heavy atom. The van der Waals surface area contributed by atoms with Gasteiger partial charge in [-0.25, -0.2) is 8.78 Å². The second kappa shape index (κ2) is 3.35. The summed E-state index contributed by atoms with van der Waals surface area (Å²) in [6.07, 6.45) is -1.23. The van der Waals surface area contributed by atoms with E-state index in [2.05, 4.69) is 15.9 Å². The molecule has 0 spiro atoms. The van der Waals surface area contributed by atoms with Gasteiger partial charge in [0.25, 0.3) is 0 Å². The van der Waals surface area contributed by atoms with Gasteiger partial charge in [0.05, 0.1) is 5.57 Å². The molecule has 0 aromatic carbocycles. The molecule has 0 fully saturated rings. The standard InChI is InChI=1S/C7H6BrF2NO/c8-4-2-5(9)3(7(11)12)1-6(4)10/h1-2,5-6H,(H2,11,12). The summed E-state index contributed by atoms with van der Waals surface area (Å²) >= 11 is 2.82. The summed E-state index contributed by atoms with van der Waals surface area (Å²) in [5, 5.41) is 0. The van der Waals surface area contributed by atoms with Crippen LogP contribution in [0.4, 0.5) is 8.78 Å². The Bertz CT molecular complexity index is 275. The number of halogens is 3. The van der Waals surface area contributed by atoms with Crippen LogP contribution < -0.4 is 5.73 Å². The van der Waals surface area contributed by atoms with Gasteiger partial charge in [-0.15, -0.1) is 0 Å². The van der Waals surface area contributed by atoms with E-state index in [1.807, 2.05) is 0 Å².